The van der Waals surface area contributed by atoms with Crippen LogP contribution in [0, 0.1) is 5.41 Å². The second-order valence-electron chi connectivity index (χ2n) is 6.55. The van der Waals surface area contributed by atoms with Gasteiger partial charge in [-0.15, -0.1) is 0 Å². The molecule has 1 aromatic rings. The van der Waals surface area contributed by atoms with Crippen LogP contribution in [0.4, 0.5) is 4.39 Å². The highest BCUT2D eigenvalue weighted by atomic mass is 32.2. The van der Waals surface area contributed by atoms with Gasteiger partial charge in [0.1, 0.15) is 11.5 Å². The zero-order chi connectivity index (χ0) is 20.1. The zero-order valence-corrected chi connectivity index (χ0v) is 16.2. The zero-order valence-electron chi connectivity index (χ0n) is 15.4. The average molecular weight is 401 g/mol. The highest BCUT2D eigenvalue weighted by Gasteiger charge is 2.41. The molecule has 1 aliphatic heterocycles. The van der Waals surface area contributed by atoms with Crippen molar-refractivity contribution in [1.82, 2.24) is 9.29 Å². The SMILES string of the molecule is COC(=O)C1(C)CCN(S(=O)(=O)c2ccc(OC/C(=C\F)CN)nc2)CC1. The van der Waals surface area contributed by atoms with Crippen LogP contribution in [0.3, 0.4) is 0 Å². The summed E-state index contributed by atoms with van der Waals surface area (Å²) in [6.07, 6.45) is 2.33. The molecule has 2 rings (SSSR count). The number of pyridine rings is 1. The fourth-order valence-corrected chi connectivity index (χ4v) is 4.11. The third-order valence-corrected chi connectivity index (χ3v) is 6.56. The predicted molar refractivity (Wildman–Crippen MR) is 96.1 cm³/mol. The minimum Gasteiger partial charge on any atom is -0.473 e. The molecule has 1 aromatic heterocycles. The molecular formula is C17H24FN3O5S. The van der Waals surface area contributed by atoms with Crippen molar-refractivity contribution < 1.29 is 27.1 Å². The van der Waals surface area contributed by atoms with E-state index in [0.717, 1.165) is 0 Å². The summed E-state index contributed by atoms with van der Waals surface area (Å²) in [4.78, 5) is 15.8. The molecule has 0 atom stereocenters. The molecule has 2 heterocycles. The maximum atomic E-state index is 12.8. The second-order valence-corrected chi connectivity index (χ2v) is 8.49. The molecule has 0 radical (unpaired) electrons. The van der Waals surface area contributed by atoms with Gasteiger partial charge in [-0.2, -0.15) is 4.31 Å². The Balaban J connectivity index is 2.04. The van der Waals surface area contributed by atoms with Crippen molar-refractivity contribution in [3.05, 3.63) is 30.2 Å². The number of hydrogen-bond acceptors (Lipinski definition) is 7. The number of hydrogen-bond donors (Lipinski definition) is 1. The monoisotopic (exact) mass is 401 g/mol. The van der Waals surface area contributed by atoms with Gasteiger partial charge in [0.25, 0.3) is 0 Å². The van der Waals surface area contributed by atoms with E-state index >= 15 is 0 Å². The van der Waals surface area contributed by atoms with Crippen molar-refractivity contribution in [3.8, 4) is 5.88 Å². The summed E-state index contributed by atoms with van der Waals surface area (Å²) in [5.41, 5.74) is 4.92. The maximum absolute atomic E-state index is 12.8. The smallest absolute Gasteiger partial charge is 0.311 e. The minimum absolute atomic E-state index is 0.0163. The van der Waals surface area contributed by atoms with E-state index in [1.165, 1.54) is 29.7 Å². The van der Waals surface area contributed by atoms with E-state index < -0.39 is 15.4 Å². The van der Waals surface area contributed by atoms with Gasteiger partial charge in [0.05, 0.1) is 25.1 Å². The summed E-state index contributed by atoms with van der Waals surface area (Å²) >= 11 is 0. The van der Waals surface area contributed by atoms with E-state index in [1.54, 1.807) is 6.92 Å². The highest BCUT2D eigenvalue weighted by Crippen LogP contribution is 2.34. The van der Waals surface area contributed by atoms with Crippen molar-refractivity contribution in [1.29, 1.82) is 0 Å². The Morgan fingerprint density at radius 3 is 2.56 bits per heavy atom. The normalized spacial score (nSPS) is 18.1. The summed E-state index contributed by atoms with van der Waals surface area (Å²) in [5, 5.41) is 0. The molecule has 0 amide bonds. The molecule has 150 valence electrons. The number of piperidine rings is 1. The summed E-state index contributed by atoms with van der Waals surface area (Å²) in [6, 6.07) is 2.79. The van der Waals surface area contributed by atoms with Crippen molar-refractivity contribution in [3.63, 3.8) is 0 Å². The molecule has 1 fully saturated rings. The van der Waals surface area contributed by atoms with Crippen LogP contribution >= 0.6 is 0 Å². The molecule has 27 heavy (non-hydrogen) atoms. The van der Waals surface area contributed by atoms with Crippen molar-refractivity contribution in [2.45, 2.75) is 24.7 Å². The van der Waals surface area contributed by atoms with Crippen LogP contribution in [0.15, 0.2) is 35.1 Å². The first kappa shape index (κ1) is 21.3. The topological polar surface area (TPSA) is 112 Å². The maximum Gasteiger partial charge on any atom is 0.311 e. The first-order valence-electron chi connectivity index (χ1n) is 8.42. The van der Waals surface area contributed by atoms with Crippen LogP contribution in [0.5, 0.6) is 5.88 Å². The number of ether oxygens (including phenoxy) is 2. The number of halogens is 1. The van der Waals surface area contributed by atoms with E-state index in [4.69, 9.17) is 15.2 Å². The average Bonchev–Trinajstić information content (AvgIpc) is 2.68. The first-order valence-corrected chi connectivity index (χ1v) is 9.86. The summed E-state index contributed by atoms with van der Waals surface area (Å²) < 4.78 is 49.4. The van der Waals surface area contributed by atoms with Gasteiger partial charge >= 0.3 is 5.97 Å². The van der Waals surface area contributed by atoms with E-state index in [0.29, 0.717) is 19.2 Å². The molecule has 1 saturated heterocycles. The fraction of sp³-hybridized carbons (Fsp3) is 0.529. The number of aromatic nitrogens is 1. The lowest BCUT2D eigenvalue weighted by molar-refractivity contribution is -0.153. The van der Waals surface area contributed by atoms with Gasteiger partial charge in [-0.05, 0) is 25.8 Å². The fourth-order valence-electron chi connectivity index (χ4n) is 2.73. The van der Waals surface area contributed by atoms with Crippen LogP contribution in [0.1, 0.15) is 19.8 Å². The Hall–Kier alpha value is -2.04. The lowest BCUT2D eigenvalue weighted by atomic mass is 9.81. The van der Waals surface area contributed by atoms with Crippen LogP contribution in [-0.4, -0.2) is 57.0 Å². The van der Waals surface area contributed by atoms with Crippen molar-refractivity contribution in [2.75, 3.05) is 33.4 Å². The Bertz CT molecular complexity index is 787. The third kappa shape index (κ3) is 4.82. The molecule has 10 heteroatoms. The van der Waals surface area contributed by atoms with E-state index in [9.17, 15) is 17.6 Å². The summed E-state index contributed by atoms with van der Waals surface area (Å²) in [6.45, 7) is 2.16. The van der Waals surface area contributed by atoms with Crippen LogP contribution in [0.25, 0.3) is 0 Å². The largest absolute Gasteiger partial charge is 0.473 e. The summed E-state index contributed by atoms with van der Waals surface area (Å²) in [7, 11) is -2.40. The first-order chi connectivity index (χ1) is 12.8. The molecular weight excluding hydrogens is 377 g/mol. The van der Waals surface area contributed by atoms with Crippen LogP contribution in [0.2, 0.25) is 0 Å². The minimum atomic E-state index is -3.73. The van der Waals surface area contributed by atoms with E-state index in [-0.39, 0.29) is 48.6 Å². The van der Waals surface area contributed by atoms with Gasteiger partial charge in [0, 0.05) is 31.3 Å². The van der Waals surface area contributed by atoms with Gasteiger partial charge in [0.15, 0.2) is 0 Å². The number of carbonyl (C=O) groups is 1. The molecule has 0 saturated carbocycles. The number of nitrogens with two attached hydrogens (primary N) is 1. The van der Waals surface area contributed by atoms with Gasteiger partial charge in [-0.1, -0.05) is 0 Å². The number of rotatable bonds is 7. The quantitative estimate of drug-likeness (QED) is 0.684. The highest BCUT2D eigenvalue weighted by molar-refractivity contribution is 7.89. The Morgan fingerprint density at radius 2 is 2.07 bits per heavy atom. The number of esters is 1. The van der Waals surface area contributed by atoms with Gasteiger partial charge in [0.2, 0.25) is 15.9 Å². The predicted octanol–water partition coefficient (Wildman–Crippen LogP) is 1.24. The molecule has 0 spiro atoms. The number of sulfonamides is 1. The lowest BCUT2D eigenvalue weighted by Crippen LogP contribution is -2.45. The second kappa shape index (κ2) is 8.77. The molecule has 8 nitrogen and oxygen atoms in total. The molecule has 0 aromatic carbocycles. The van der Waals surface area contributed by atoms with E-state index in [1.807, 2.05) is 0 Å². The van der Waals surface area contributed by atoms with Crippen molar-refractivity contribution >= 4 is 16.0 Å². The van der Waals surface area contributed by atoms with Crippen LogP contribution in [-0.2, 0) is 19.6 Å². The van der Waals surface area contributed by atoms with Crippen LogP contribution < -0.4 is 10.5 Å². The van der Waals surface area contributed by atoms with Gasteiger partial charge in [-0.3, -0.25) is 4.79 Å². The van der Waals surface area contributed by atoms with Gasteiger partial charge < -0.3 is 15.2 Å². The lowest BCUT2D eigenvalue weighted by Gasteiger charge is -2.36. The Morgan fingerprint density at radius 1 is 1.41 bits per heavy atom. The molecule has 0 aliphatic carbocycles. The molecule has 1 aliphatic rings. The number of nitrogens with zero attached hydrogens (tertiary/aromatic N) is 2. The van der Waals surface area contributed by atoms with Gasteiger partial charge in [-0.25, -0.2) is 17.8 Å². The number of carbonyl (C=O) groups excluding carboxylic acids is 1. The molecule has 0 unspecified atom stereocenters. The Kier molecular flexibility index (Phi) is 6.90. The number of methoxy groups -OCH3 is 1. The standard InChI is InChI=1S/C17H24FN3O5S/c1-17(16(22)25-2)5-7-21(8-6-17)27(23,24)14-3-4-15(20-11-14)26-12-13(9-18)10-19/h3-4,9,11H,5-8,10,12,19H2,1-2H3/b13-9-. The molecule has 0 bridgehead atoms. The summed E-state index contributed by atoms with van der Waals surface area (Å²) in [5.74, 6) is -0.166. The van der Waals surface area contributed by atoms with Crippen molar-refractivity contribution in [2.24, 2.45) is 11.1 Å². The Labute approximate surface area is 158 Å². The third-order valence-electron chi connectivity index (χ3n) is 4.67. The van der Waals surface area contributed by atoms with E-state index in [2.05, 4.69) is 4.98 Å². The molecule has 2 N–H and O–H groups in total.